The minimum atomic E-state index is 0.440. The summed E-state index contributed by atoms with van der Waals surface area (Å²) in [7, 11) is 0. The van der Waals surface area contributed by atoms with E-state index in [2.05, 4.69) is 42.7 Å². The lowest BCUT2D eigenvalue weighted by Crippen LogP contribution is -2.60. The Kier molecular flexibility index (Phi) is 6.78. The van der Waals surface area contributed by atoms with Gasteiger partial charge < -0.3 is 5.32 Å². The van der Waals surface area contributed by atoms with Gasteiger partial charge in [0.2, 0.25) is 0 Å². The molecule has 1 rings (SSSR count). The molecule has 0 aromatic heterocycles. The van der Waals surface area contributed by atoms with Crippen LogP contribution in [0.3, 0.4) is 0 Å². The fourth-order valence-electron chi connectivity index (χ4n) is 2.68. The molecule has 0 bridgehead atoms. The van der Waals surface area contributed by atoms with Crippen molar-refractivity contribution in [2.45, 2.75) is 45.6 Å². The average molecular weight is 244 g/mol. The number of piperazine rings is 1. The molecule has 0 saturated carbocycles. The van der Waals surface area contributed by atoms with Gasteiger partial charge in [-0.1, -0.05) is 20.8 Å². The summed E-state index contributed by atoms with van der Waals surface area (Å²) >= 11 is 2.07. The van der Waals surface area contributed by atoms with E-state index in [0.717, 1.165) is 0 Å². The summed E-state index contributed by atoms with van der Waals surface area (Å²) in [6.07, 6.45) is 3.90. The second kappa shape index (κ2) is 7.57. The van der Waals surface area contributed by atoms with E-state index in [1.807, 2.05) is 0 Å². The van der Waals surface area contributed by atoms with Crippen LogP contribution in [-0.2, 0) is 0 Å². The Balaban J connectivity index is 2.40. The standard InChI is InChI=1S/C13H28N2S/c1-4-13(5-2)12-14-8-10-15(13)9-7-11-16-6-3/h14H,4-12H2,1-3H3. The summed E-state index contributed by atoms with van der Waals surface area (Å²) in [5, 5.41) is 3.56. The van der Waals surface area contributed by atoms with Crippen molar-refractivity contribution in [2.24, 2.45) is 0 Å². The number of hydrogen-bond donors (Lipinski definition) is 1. The predicted molar refractivity (Wildman–Crippen MR) is 75.4 cm³/mol. The summed E-state index contributed by atoms with van der Waals surface area (Å²) in [5.74, 6) is 2.58. The Morgan fingerprint density at radius 2 is 2.00 bits per heavy atom. The lowest BCUT2D eigenvalue weighted by molar-refractivity contribution is 0.0526. The minimum absolute atomic E-state index is 0.440. The molecule has 1 aliphatic rings. The molecule has 0 amide bonds. The van der Waals surface area contributed by atoms with E-state index in [9.17, 15) is 0 Å². The maximum atomic E-state index is 3.56. The molecule has 2 nitrogen and oxygen atoms in total. The molecule has 0 atom stereocenters. The lowest BCUT2D eigenvalue weighted by atomic mass is 9.88. The highest BCUT2D eigenvalue weighted by atomic mass is 32.2. The van der Waals surface area contributed by atoms with Crippen molar-refractivity contribution in [3.63, 3.8) is 0 Å². The van der Waals surface area contributed by atoms with Crippen LogP contribution in [0.25, 0.3) is 0 Å². The second-order valence-electron chi connectivity index (χ2n) is 4.65. The van der Waals surface area contributed by atoms with Crippen LogP contribution in [0.15, 0.2) is 0 Å². The first-order valence-corrected chi connectivity index (χ1v) is 7.98. The Hall–Kier alpha value is 0.270. The van der Waals surface area contributed by atoms with Gasteiger partial charge in [-0.3, -0.25) is 4.90 Å². The number of thioether (sulfide) groups is 1. The molecule has 0 aliphatic carbocycles. The zero-order chi connectivity index (χ0) is 11.9. The third-order valence-electron chi connectivity index (χ3n) is 3.92. The highest BCUT2D eigenvalue weighted by molar-refractivity contribution is 7.99. The van der Waals surface area contributed by atoms with E-state index in [4.69, 9.17) is 0 Å². The molecule has 96 valence electrons. The van der Waals surface area contributed by atoms with E-state index in [1.54, 1.807) is 0 Å². The Labute approximate surface area is 106 Å². The third kappa shape index (κ3) is 3.64. The first kappa shape index (κ1) is 14.3. The van der Waals surface area contributed by atoms with Crippen LogP contribution in [0.1, 0.15) is 40.0 Å². The first-order valence-electron chi connectivity index (χ1n) is 6.82. The van der Waals surface area contributed by atoms with E-state index < -0.39 is 0 Å². The van der Waals surface area contributed by atoms with Gasteiger partial charge in [0, 0.05) is 25.2 Å². The van der Waals surface area contributed by atoms with Crippen molar-refractivity contribution in [3.8, 4) is 0 Å². The molecular weight excluding hydrogens is 216 g/mol. The Bertz CT molecular complexity index is 181. The van der Waals surface area contributed by atoms with E-state index in [0.29, 0.717) is 5.54 Å². The van der Waals surface area contributed by atoms with Gasteiger partial charge in [0.1, 0.15) is 0 Å². The molecule has 1 saturated heterocycles. The van der Waals surface area contributed by atoms with Gasteiger partial charge in [0.15, 0.2) is 0 Å². The topological polar surface area (TPSA) is 15.3 Å². The Morgan fingerprint density at radius 3 is 2.62 bits per heavy atom. The van der Waals surface area contributed by atoms with Gasteiger partial charge in [-0.05, 0) is 37.3 Å². The molecule has 0 aromatic carbocycles. The van der Waals surface area contributed by atoms with Gasteiger partial charge in [0.25, 0.3) is 0 Å². The zero-order valence-electron chi connectivity index (χ0n) is 11.2. The molecular formula is C13H28N2S. The lowest BCUT2D eigenvalue weighted by Gasteiger charge is -2.47. The molecule has 0 spiro atoms. The van der Waals surface area contributed by atoms with Gasteiger partial charge in [0.05, 0.1) is 0 Å². The highest BCUT2D eigenvalue weighted by Crippen LogP contribution is 2.25. The van der Waals surface area contributed by atoms with Crippen LogP contribution in [0.5, 0.6) is 0 Å². The largest absolute Gasteiger partial charge is 0.314 e. The predicted octanol–water partition coefficient (Wildman–Crippen LogP) is 2.59. The number of hydrogen-bond acceptors (Lipinski definition) is 3. The molecule has 16 heavy (non-hydrogen) atoms. The van der Waals surface area contributed by atoms with Gasteiger partial charge in [-0.25, -0.2) is 0 Å². The maximum absolute atomic E-state index is 3.56. The SMILES string of the molecule is CCSCCCN1CCNCC1(CC)CC. The normalized spacial score (nSPS) is 21.2. The van der Waals surface area contributed by atoms with Crippen molar-refractivity contribution >= 4 is 11.8 Å². The fourth-order valence-corrected chi connectivity index (χ4v) is 3.30. The Morgan fingerprint density at radius 1 is 1.25 bits per heavy atom. The number of nitrogens with one attached hydrogen (secondary N) is 1. The average Bonchev–Trinajstić information content (AvgIpc) is 2.35. The van der Waals surface area contributed by atoms with Crippen LogP contribution in [0.2, 0.25) is 0 Å². The fraction of sp³-hybridized carbons (Fsp3) is 1.00. The quantitative estimate of drug-likeness (QED) is 0.693. The molecule has 3 heteroatoms. The van der Waals surface area contributed by atoms with Crippen LogP contribution in [0.4, 0.5) is 0 Å². The van der Waals surface area contributed by atoms with Crippen molar-refractivity contribution in [3.05, 3.63) is 0 Å². The second-order valence-corrected chi connectivity index (χ2v) is 6.04. The summed E-state index contributed by atoms with van der Waals surface area (Å²) in [4.78, 5) is 2.74. The summed E-state index contributed by atoms with van der Waals surface area (Å²) in [6, 6.07) is 0. The highest BCUT2D eigenvalue weighted by Gasteiger charge is 2.34. The number of rotatable bonds is 7. The molecule has 1 N–H and O–H groups in total. The third-order valence-corrected chi connectivity index (χ3v) is 4.91. The molecule has 0 aromatic rings. The molecule has 1 aliphatic heterocycles. The summed E-state index contributed by atoms with van der Waals surface area (Å²) in [6.45, 7) is 11.8. The monoisotopic (exact) mass is 244 g/mol. The van der Waals surface area contributed by atoms with Crippen LogP contribution in [-0.4, -0.2) is 48.1 Å². The van der Waals surface area contributed by atoms with Crippen LogP contribution in [0, 0.1) is 0 Å². The molecule has 1 fully saturated rings. The molecule has 0 radical (unpaired) electrons. The van der Waals surface area contributed by atoms with Crippen LogP contribution < -0.4 is 5.32 Å². The van der Waals surface area contributed by atoms with E-state index >= 15 is 0 Å². The van der Waals surface area contributed by atoms with Crippen LogP contribution >= 0.6 is 11.8 Å². The zero-order valence-corrected chi connectivity index (χ0v) is 12.0. The van der Waals surface area contributed by atoms with Crippen molar-refractivity contribution in [1.82, 2.24) is 10.2 Å². The van der Waals surface area contributed by atoms with Crippen molar-refractivity contribution < 1.29 is 0 Å². The van der Waals surface area contributed by atoms with Gasteiger partial charge in [-0.15, -0.1) is 0 Å². The minimum Gasteiger partial charge on any atom is -0.314 e. The smallest absolute Gasteiger partial charge is 0.0329 e. The maximum Gasteiger partial charge on any atom is 0.0329 e. The van der Waals surface area contributed by atoms with E-state index in [1.165, 1.54) is 56.9 Å². The summed E-state index contributed by atoms with van der Waals surface area (Å²) in [5.41, 5.74) is 0.440. The van der Waals surface area contributed by atoms with Crippen molar-refractivity contribution in [2.75, 3.05) is 37.7 Å². The van der Waals surface area contributed by atoms with Crippen molar-refractivity contribution in [1.29, 1.82) is 0 Å². The van der Waals surface area contributed by atoms with Gasteiger partial charge in [-0.2, -0.15) is 11.8 Å². The molecule has 1 heterocycles. The van der Waals surface area contributed by atoms with E-state index in [-0.39, 0.29) is 0 Å². The first-order chi connectivity index (χ1) is 7.79. The summed E-state index contributed by atoms with van der Waals surface area (Å²) < 4.78 is 0. The van der Waals surface area contributed by atoms with Gasteiger partial charge >= 0.3 is 0 Å². The molecule has 0 unspecified atom stereocenters. The number of nitrogens with zero attached hydrogens (tertiary/aromatic N) is 1.